The number of rotatable bonds is 3. The molecule has 0 aromatic heterocycles. The van der Waals surface area contributed by atoms with Crippen LogP contribution in [0.5, 0.6) is 11.5 Å². The highest BCUT2D eigenvalue weighted by Gasteiger charge is 2.35. The summed E-state index contributed by atoms with van der Waals surface area (Å²) in [5.41, 5.74) is 0.857. The molecule has 3 unspecified atom stereocenters. The van der Waals surface area contributed by atoms with Gasteiger partial charge < -0.3 is 14.6 Å². The van der Waals surface area contributed by atoms with Crippen LogP contribution >= 0.6 is 0 Å². The summed E-state index contributed by atoms with van der Waals surface area (Å²) in [7, 11) is 0. The highest BCUT2D eigenvalue weighted by Crippen LogP contribution is 2.37. The molecule has 3 rings (SSSR count). The fourth-order valence-electron chi connectivity index (χ4n) is 3.45. The van der Waals surface area contributed by atoms with Crippen molar-refractivity contribution in [1.82, 2.24) is 4.90 Å². The average molecular weight is 291 g/mol. The summed E-state index contributed by atoms with van der Waals surface area (Å²) < 4.78 is 11.4. The van der Waals surface area contributed by atoms with Crippen LogP contribution in [-0.2, 0) is 0 Å². The van der Waals surface area contributed by atoms with Gasteiger partial charge in [0.15, 0.2) is 0 Å². The molecule has 2 aliphatic rings. The van der Waals surface area contributed by atoms with Crippen LogP contribution in [0.25, 0.3) is 0 Å². The first-order valence-electron chi connectivity index (χ1n) is 8.00. The maximum atomic E-state index is 10.8. The van der Waals surface area contributed by atoms with Crippen LogP contribution in [0.4, 0.5) is 0 Å². The fraction of sp³-hybridized carbons (Fsp3) is 0.647. The molecule has 4 heteroatoms. The molecule has 1 aromatic rings. The summed E-state index contributed by atoms with van der Waals surface area (Å²) in [5.74, 6) is 2.28. The zero-order valence-corrected chi connectivity index (χ0v) is 12.9. The van der Waals surface area contributed by atoms with E-state index in [0.717, 1.165) is 30.2 Å². The lowest BCUT2D eigenvalue weighted by Gasteiger charge is -2.41. The summed E-state index contributed by atoms with van der Waals surface area (Å²) in [6.45, 7) is 7.53. The molecule has 2 aliphatic heterocycles. The van der Waals surface area contributed by atoms with Crippen LogP contribution in [-0.4, -0.2) is 42.4 Å². The SMILES string of the molecule is CCOc1ccc2c(c1)C(O)C(N1CCCC(C)C1)CO2. The van der Waals surface area contributed by atoms with Gasteiger partial charge in [-0.05, 0) is 50.4 Å². The van der Waals surface area contributed by atoms with E-state index in [9.17, 15) is 5.11 Å². The lowest BCUT2D eigenvalue weighted by Crippen LogP contribution is -2.49. The third-order valence-corrected chi connectivity index (χ3v) is 4.54. The molecule has 0 saturated carbocycles. The van der Waals surface area contributed by atoms with Gasteiger partial charge in [-0.15, -0.1) is 0 Å². The Bertz CT molecular complexity index is 491. The Labute approximate surface area is 126 Å². The highest BCUT2D eigenvalue weighted by molar-refractivity contribution is 5.43. The molecule has 4 nitrogen and oxygen atoms in total. The van der Waals surface area contributed by atoms with Crippen LogP contribution in [0.1, 0.15) is 38.4 Å². The van der Waals surface area contributed by atoms with Gasteiger partial charge in [-0.3, -0.25) is 4.90 Å². The van der Waals surface area contributed by atoms with Crippen LogP contribution < -0.4 is 9.47 Å². The number of piperidine rings is 1. The minimum absolute atomic E-state index is 0.0529. The van der Waals surface area contributed by atoms with E-state index in [1.165, 1.54) is 12.8 Å². The maximum Gasteiger partial charge on any atom is 0.125 e. The zero-order valence-electron chi connectivity index (χ0n) is 12.9. The number of benzene rings is 1. The number of ether oxygens (including phenoxy) is 2. The summed E-state index contributed by atoms with van der Waals surface area (Å²) in [6.07, 6.45) is 1.99. The molecule has 0 spiro atoms. The van der Waals surface area contributed by atoms with Crippen molar-refractivity contribution in [3.05, 3.63) is 23.8 Å². The smallest absolute Gasteiger partial charge is 0.125 e. The van der Waals surface area contributed by atoms with E-state index < -0.39 is 6.10 Å². The molecule has 0 aliphatic carbocycles. The molecule has 0 radical (unpaired) electrons. The first-order valence-corrected chi connectivity index (χ1v) is 8.00. The van der Waals surface area contributed by atoms with Gasteiger partial charge in [0, 0.05) is 12.1 Å². The van der Waals surface area contributed by atoms with E-state index in [1.807, 2.05) is 25.1 Å². The van der Waals surface area contributed by atoms with Crippen LogP contribution in [0.3, 0.4) is 0 Å². The van der Waals surface area contributed by atoms with Crippen molar-refractivity contribution in [2.45, 2.75) is 38.8 Å². The quantitative estimate of drug-likeness (QED) is 0.929. The molecule has 116 valence electrons. The standard InChI is InChI=1S/C17H25NO3/c1-3-20-13-6-7-16-14(9-13)17(19)15(11-21-16)18-8-4-5-12(2)10-18/h6-7,9,12,15,17,19H,3-5,8,10-11H2,1-2H3. The molecule has 1 aromatic carbocycles. The Kier molecular flexibility index (Phi) is 4.36. The second-order valence-corrected chi connectivity index (χ2v) is 6.20. The Balaban J connectivity index is 1.80. The second kappa shape index (κ2) is 6.24. The molecule has 1 fully saturated rings. The Morgan fingerprint density at radius 3 is 3.05 bits per heavy atom. The predicted octanol–water partition coefficient (Wildman–Crippen LogP) is 2.61. The van der Waals surface area contributed by atoms with E-state index in [-0.39, 0.29) is 6.04 Å². The van der Waals surface area contributed by atoms with Crippen LogP contribution in [0, 0.1) is 5.92 Å². The van der Waals surface area contributed by atoms with Gasteiger partial charge in [0.25, 0.3) is 0 Å². The van der Waals surface area contributed by atoms with Gasteiger partial charge >= 0.3 is 0 Å². The minimum atomic E-state index is -0.501. The maximum absolute atomic E-state index is 10.8. The van der Waals surface area contributed by atoms with E-state index >= 15 is 0 Å². The molecule has 0 bridgehead atoms. The van der Waals surface area contributed by atoms with Gasteiger partial charge in [-0.2, -0.15) is 0 Å². The van der Waals surface area contributed by atoms with E-state index in [4.69, 9.17) is 9.47 Å². The molecule has 0 amide bonds. The number of aliphatic hydroxyl groups excluding tert-OH is 1. The molecule has 1 saturated heterocycles. The van der Waals surface area contributed by atoms with Gasteiger partial charge in [0.2, 0.25) is 0 Å². The highest BCUT2D eigenvalue weighted by atomic mass is 16.5. The minimum Gasteiger partial charge on any atom is -0.494 e. The van der Waals surface area contributed by atoms with Crippen molar-refractivity contribution in [3.8, 4) is 11.5 Å². The first kappa shape index (κ1) is 14.7. The van der Waals surface area contributed by atoms with Gasteiger partial charge in [0.05, 0.1) is 12.6 Å². The number of hydrogen-bond acceptors (Lipinski definition) is 4. The lowest BCUT2D eigenvalue weighted by atomic mass is 9.93. The summed E-state index contributed by atoms with van der Waals surface area (Å²) in [5, 5.41) is 10.8. The number of nitrogens with zero attached hydrogens (tertiary/aromatic N) is 1. The van der Waals surface area contributed by atoms with Gasteiger partial charge in [-0.1, -0.05) is 6.92 Å². The third kappa shape index (κ3) is 3.01. The lowest BCUT2D eigenvalue weighted by molar-refractivity contribution is -0.0128. The number of fused-ring (bicyclic) bond motifs is 1. The van der Waals surface area contributed by atoms with Gasteiger partial charge in [0.1, 0.15) is 24.2 Å². The molecular formula is C17H25NO3. The topological polar surface area (TPSA) is 41.9 Å². The van der Waals surface area contributed by atoms with E-state index in [2.05, 4.69) is 11.8 Å². The Morgan fingerprint density at radius 1 is 1.43 bits per heavy atom. The second-order valence-electron chi connectivity index (χ2n) is 6.20. The molecular weight excluding hydrogens is 266 g/mol. The first-order chi connectivity index (χ1) is 10.2. The zero-order chi connectivity index (χ0) is 14.8. The number of aliphatic hydroxyl groups is 1. The summed E-state index contributed by atoms with van der Waals surface area (Å²) in [6, 6.07) is 5.78. The third-order valence-electron chi connectivity index (χ3n) is 4.54. The van der Waals surface area contributed by atoms with Crippen LogP contribution in [0.2, 0.25) is 0 Å². The molecule has 21 heavy (non-hydrogen) atoms. The van der Waals surface area contributed by atoms with Gasteiger partial charge in [-0.25, -0.2) is 0 Å². The van der Waals surface area contributed by atoms with E-state index in [1.54, 1.807) is 0 Å². The van der Waals surface area contributed by atoms with Crippen molar-refractivity contribution < 1.29 is 14.6 Å². The van der Waals surface area contributed by atoms with Crippen LogP contribution in [0.15, 0.2) is 18.2 Å². The van der Waals surface area contributed by atoms with Crippen molar-refractivity contribution in [1.29, 1.82) is 0 Å². The monoisotopic (exact) mass is 291 g/mol. The summed E-state index contributed by atoms with van der Waals surface area (Å²) in [4.78, 5) is 2.38. The Hall–Kier alpha value is -1.26. The fourth-order valence-corrected chi connectivity index (χ4v) is 3.45. The van der Waals surface area contributed by atoms with Crippen molar-refractivity contribution in [2.75, 3.05) is 26.3 Å². The molecule has 3 atom stereocenters. The van der Waals surface area contributed by atoms with Crippen molar-refractivity contribution >= 4 is 0 Å². The Morgan fingerprint density at radius 2 is 2.29 bits per heavy atom. The molecule has 1 N–H and O–H groups in total. The largest absolute Gasteiger partial charge is 0.494 e. The average Bonchev–Trinajstić information content (AvgIpc) is 2.48. The summed E-state index contributed by atoms with van der Waals surface area (Å²) >= 11 is 0. The normalized spacial score (nSPS) is 29.6. The number of hydrogen-bond donors (Lipinski definition) is 1. The van der Waals surface area contributed by atoms with E-state index in [0.29, 0.717) is 19.1 Å². The number of likely N-dealkylation sites (tertiary alicyclic amines) is 1. The van der Waals surface area contributed by atoms with Crippen molar-refractivity contribution in [2.24, 2.45) is 5.92 Å². The van der Waals surface area contributed by atoms with Crippen molar-refractivity contribution in [3.63, 3.8) is 0 Å². The molecule has 2 heterocycles. The predicted molar refractivity (Wildman–Crippen MR) is 81.8 cm³/mol.